The number of carbonyl (C=O) groups is 1. The predicted octanol–water partition coefficient (Wildman–Crippen LogP) is 2.18. The second-order valence-electron chi connectivity index (χ2n) is 3.96. The zero-order chi connectivity index (χ0) is 10.2. The van der Waals surface area contributed by atoms with Crippen LogP contribution in [0, 0.1) is 6.92 Å². The van der Waals surface area contributed by atoms with E-state index in [0.717, 1.165) is 11.5 Å². The summed E-state index contributed by atoms with van der Waals surface area (Å²) in [5, 5.41) is 0. The van der Waals surface area contributed by atoms with Crippen molar-refractivity contribution >= 4 is 5.78 Å². The Bertz CT molecular complexity index is 353. The standard InChI is InChI=1S/C11H14O3/c1-8-3-4-10(14-8)11(2)7-9(12)5-6-13-11/h3-4H,5-7H2,1-2H3. The SMILES string of the molecule is Cc1ccc(C2(C)CC(=O)CCO2)o1. The van der Waals surface area contributed by atoms with Gasteiger partial charge in [0.1, 0.15) is 22.9 Å². The molecule has 0 N–H and O–H groups in total. The number of ketones is 1. The zero-order valence-electron chi connectivity index (χ0n) is 8.50. The zero-order valence-corrected chi connectivity index (χ0v) is 8.50. The fraction of sp³-hybridized carbons (Fsp3) is 0.545. The number of hydrogen-bond donors (Lipinski definition) is 0. The molecule has 3 nitrogen and oxygen atoms in total. The molecule has 0 radical (unpaired) electrons. The number of aryl methyl sites for hydroxylation is 1. The molecule has 0 spiro atoms. The third kappa shape index (κ3) is 1.60. The first-order valence-corrected chi connectivity index (χ1v) is 4.83. The average Bonchev–Trinajstić information content (AvgIpc) is 2.52. The number of ether oxygens (including phenoxy) is 1. The molecule has 1 aromatic rings. The summed E-state index contributed by atoms with van der Waals surface area (Å²) in [4.78, 5) is 11.3. The Hall–Kier alpha value is -1.09. The average molecular weight is 194 g/mol. The second kappa shape index (κ2) is 3.24. The van der Waals surface area contributed by atoms with Gasteiger partial charge in [-0.2, -0.15) is 0 Å². The van der Waals surface area contributed by atoms with Gasteiger partial charge in [-0.25, -0.2) is 0 Å². The van der Waals surface area contributed by atoms with Crippen LogP contribution in [0.2, 0.25) is 0 Å². The Morgan fingerprint density at radius 3 is 2.79 bits per heavy atom. The van der Waals surface area contributed by atoms with Crippen LogP contribution in [0.1, 0.15) is 31.3 Å². The lowest BCUT2D eigenvalue weighted by Crippen LogP contribution is -2.34. The van der Waals surface area contributed by atoms with Gasteiger partial charge in [0.25, 0.3) is 0 Å². The summed E-state index contributed by atoms with van der Waals surface area (Å²) in [5.74, 6) is 1.85. The summed E-state index contributed by atoms with van der Waals surface area (Å²) in [6, 6.07) is 3.77. The highest BCUT2D eigenvalue weighted by atomic mass is 16.5. The Labute approximate surface area is 83.0 Å². The van der Waals surface area contributed by atoms with Gasteiger partial charge >= 0.3 is 0 Å². The van der Waals surface area contributed by atoms with Gasteiger partial charge < -0.3 is 9.15 Å². The lowest BCUT2D eigenvalue weighted by Gasteiger charge is -2.30. The van der Waals surface area contributed by atoms with Crippen molar-refractivity contribution in [1.82, 2.24) is 0 Å². The monoisotopic (exact) mass is 194 g/mol. The molecule has 1 unspecified atom stereocenters. The van der Waals surface area contributed by atoms with Crippen molar-refractivity contribution in [2.75, 3.05) is 6.61 Å². The third-order valence-electron chi connectivity index (χ3n) is 2.60. The third-order valence-corrected chi connectivity index (χ3v) is 2.60. The molecule has 1 aliphatic rings. The maximum Gasteiger partial charge on any atom is 0.138 e. The van der Waals surface area contributed by atoms with E-state index >= 15 is 0 Å². The number of hydrogen-bond acceptors (Lipinski definition) is 3. The topological polar surface area (TPSA) is 39.4 Å². The second-order valence-corrected chi connectivity index (χ2v) is 3.96. The van der Waals surface area contributed by atoms with E-state index < -0.39 is 5.60 Å². The maximum atomic E-state index is 11.3. The molecule has 1 atom stereocenters. The summed E-state index contributed by atoms with van der Waals surface area (Å²) in [5.41, 5.74) is -0.552. The van der Waals surface area contributed by atoms with Crippen LogP contribution in [-0.4, -0.2) is 12.4 Å². The summed E-state index contributed by atoms with van der Waals surface area (Å²) in [7, 11) is 0. The van der Waals surface area contributed by atoms with Gasteiger partial charge in [-0.3, -0.25) is 4.79 Å². The van der Waals surface area contributed by atoms with Crippen molar-refractivity contribution in [3.05, 3.63) is 23.7 Å². The molecule has 3 heteroatoms. The highest BCUT2D eigenvalue weighted by molar-refractivity contribution is 5.80. The summed E-state index contributed by atoms with van der Waals surface area (Å²) >= 11 is 0. The molecule has 1 saturated heterocycles. The van der Waals surface area contributed by atoms with Crippen LogP contribution < -0.4 is 0 Å². The number of rotatable bonds is 1. The van der Waals surface area contributed by atoms with E-state index in [1.54, 1.807) is 0 Å². The molecular weight excluding hydrogens is 180 g/mol. The van der Waals surface area contributed by atoms with Gasteiger partial charge in [0.2, 0.25) is 0 Å². The molecule has 1 aliphatic heterocycles. The highest BCUT2D eigenvalue weighted by Crippen LogP contribution is 2.33. The van der Waals surface area contributed by atoms with Crippen LogP contribution in [0.3, 0.4) is 0 Å². The van der Waals surface area contributed by atoms with Gasteiger partial charge in [0.05, 0.1) is 6.61 Å². The maximum absolute atomic E-state index is 11.3. The Morgan fingerprint density at radius 1 is 1.43 bits per heavy atom. The van der Waals surface area contributed by atoms with Crippen LogP contribution in [0.4, 0.5) is 0 Å². The first-order chi connectivity index (χ1) is 6.60. The molecule has 76 valence electrons. The molecule has 0 saturated carbocycles. The minimum Gasteiger partial charge on any atom is -0.463 e. The molecule has 0 aromatic carbocycles. The summed E-state index contributed by atoms with van der Waals surface area (Å²) < 4.78 is 11.1. The fourth-order valence-corrected chi connectivity index (χ4v) is 1.78. The number of Topliss-reactive ketones (excluding diaryl/α,β-unsaturated/α-hetero) is 1. The minimum absolute atomic E-state index is 0.243. The van der Waals surface area contributed by atoms with E-state index in [1.165, 1.54) is 0 Å². The molecule has 0 aliphatic carbocycles. The minimum atomic E-state index is -0.552. The van der Waals surface area contributed by atoms with Crippen LogP contribution in [0.5, 0.6) is 0 Å². The van der Waals surface area contributed by atoms with Crippen LogP contribution in [-0.2, 0) is 15.1 Å². The van der Waals surface area contributed by atoms with Gasteiger partial charge in [-0.1, -0.05) is 0 Å². The van der Waals surface area contributed by atoms with Gasteiger partial charge in [0, 0.05) is 12.8 Å². The lowest BCUT2D eigenvalue weighted by molar-refractivity contribution is -0.141. The molecule has 0 amide bonds. The first-order valence-electron chi connectivity index (χ1n) is 4.83. The summed E-state index contributed by atoms with van der Waals surface area (Å²) in [6.07, 6.45) is 0.940. The van der Waals surface area contributed by atoms with E-state index in [-0.39, 0.29) is 5.78 Å². The lowest BCUT2D eigenvalue weighted by atomic mass is 9.92. The van der Waals surface area contributed by atoms with Crippen molar-refractivity contribution in [3.8, 4) is 0 Å². The number of carbonyl (C=O) groups excluding carboxylic acids is 1. The molecular formula is C11H14O3. The van der Waals surface area contributed by atoms with Gasteiger partial charge in [0.15, 0.2) is 0 Å². The van der Waals surface area contributed by atoms with E-state index in [9.17, 15) is 4.79 Å². The quantitative estimate of drug-likeness (QED) is 0.687. The Morgan fingerprint density at radius 2 is 2.21 bits per heavy atom. The highest BCUT2D eigenvalue weighted by Gasteiger charge is 2.36. The van der Waals surface area contributed by atoms with Crippen LogP contribution in [0.25, 0.3) is 0 Å². The molecule has 0 bridgehead atoms. The van der Waals surface area contributed by atoms with Crippen molar-refractivity contribution in [2.45, 2.75) is 32.3 Å². The fourth-order valence-electron chi connectivity index (χ4n) is 1.78. The van der Waals surface area contributed by atoms with E-state index in [4.69, 9.17) is 9.15 Å². The Kier molecular flexibility index (Phi) is 2.19. The normalized spacial score (nSPS) is 28.0. The van der Waals surface area contributed by atoms with E-state index in [0.29, 0.717) is 19.4 Å². The van der Waals surface area contributed by atoms with Crippen LogP contribution >= 0.6 is 0 Å². The van der Waals surface area contributed by atoms with E-state index in [2.05, 4.69) is 0 Å². The number of furan rings is 1. The van der Waals surface area contributed by atoms with Crippen LogP contribution in [0.15, 0.2) is 16.5 Å². The molecule has 1 fully saturated rings. The molecule has 2 rings (SSSR count). The largest absolute Gasteiger partial charge is 0.463 e. The Balaban J connectivity index is 2.26. The van der Waals surface area contributed by atoms with Gasteiger partial charge in [-0.05, 0) is 26.0 Å². The molecule has 2 heterocycles. The van der Waals surface area contributed by atoms with Crippen molar-refractivity contribution in [3.63, 3.8) is 0 Å². The summed E-state index contributed by atoms with van der Waals surface area (Å²) in [6.45, 7) is 4.29. The van der Waals surface area contributed by atoms with Crippen molar-refractivity contribution < 1.29 is 13.9 Å². The molecule has 1 aromatic heterocycles. The molecule has 14 heavy (non-hydrogen) atoms. The van der Waals surface area contributed by atoms with Crippen molar-refractivity contribution in [1.29, 1.82) is 0 Å². The van der Waals surface area contributed by atoms with E-state index in [1.807, 2.05) is 26.0 Å². The predicted molar refractivity (Wildman–Crippen MR) is 51.0 cm³/mol. The van der Waals surface area contributed by atoms with Gasteiger partial charge in [-0.15, -0.1) is 0 Å². The first kappa shape index (κ1) is 9.46. The van der Waals surface area contributed by atoms with Crippen molar-refractivity contribution in [2.24, 2.45) is 0 Å². The smallest absolute Gasteiger partial charge is 0.138 e.